The Labute approximate surface area is 201 Å². The van der Waals surface area contributed by atoms with Crippen molar-refractivity contribution in [2.75, 3.05) is 47.5 Å². The number of amides is 1. The Morgan fingerprint density at radius 1 is 1.13 bits per heavy atom. The number of guanidine groups is 1. The van der Waals surface area contributed by atoms with Crippen molar-refractivity contribution < 1.29 is 23.7 Å². The lowest BCUT2D eigenvalue weighted by Gasteiger charge is -2.39. The van der Waals surface area contributed by atoms with Crippen molar-refractivity contribution in [2.24, 2.45) is 4.99 Å². The number of ether oxygens (including phenoxy) is 4. The zero-order valence-electron chi connectivity index (χ0n) is 19.1. The van der Waals surface area contributed by atoms with Crippen molar-refractivity contribution in [3.05, 3.63) is 17.7 Å². The van der Waals surface area contributed by atoms with Gasteiger partial charge < -0.3 is 34.1 Å². The summed E-state index contributed by atoms with van der Waals surface area (Å²) in [6, 6.07) is 4.00. The van der Waals surface area contributed by atoms with Crippen LogP contribution in [0.1, 0.15) is 26.3 Å². The van der Waals surface area contributed by atoms with Crippen molar-refractivity contribution in [1.29, 1.82) is 0 Å². The Hall–Kier alpha value is -2.11. The van der Waals surface area contributed by atoms with Crippen LogP contribution in [0, 0.1) is 0 Å². The van der Waals surface area contributed by atoms with Crippen molar-refractivity contribution >= 4 is 36.0 Å². The van der Waals surface area contributed by atoms with E-state index >= 15 is 0 Å². The minimum Gasteiger partial charge on any atom is -0.493 e. The number of methoxy groups -OCH3 is 3. The van der Waals surface area contributed by atoms with Crippen molar-refractivity contribution in [3.63, 3.8) is 0 Å². The van der Waals surface area contributed by atoms with Gasteiger partial charge in [-0.1, -0.05) is 0 Å². The van der Waals surface area contributed by atoms with Crippen LogP contribution < -0.4 is 19.5 Å². The highest BCUT2D eigenvalue weighted by Gasteiger charge is 2.36. The number of piperazine rings is 1. The molecule has 1 aromatic carbocycles. The van der Waals surface area contributed by atoms with E-state index in [0.29, 0.717) is 50.0 Å². The molecule has 2 aliphatic rings. The first kappa shape index (κ1) is 25.2. The standard InChI is InChI=1S/C21H32N4O5.HI/c1-21(2,3)30-20(26)24-7-8-25-15(13-24)12-23-19(25)22-11-14-9-16(27-4)18(29-6)17(10-14)28-5;/h9-10,15H,7-8,11-13H2,1-6H3,(H,22,23);1H. The molecular weight excluding hydrogens is 515 g/mol. The summed E-state index contributed by atoms with van der Waals surface area (Å²) in [7, 11) is 4.79. The number of nitrogens with zero attached hydrogens (tertiary/aromatic N) is 3. The van der Waals surface area contributed by atoms with Crippen LogP contribution in [-0.4, -0.2) is 81.0 Å². The van der Waals surface area contributed by atoms with Crippen LogP contribution in [0.15, 0.2) is 17.1 Å². The van der Waals surface area contributed by atoms with E-state index < -0.39 is 5.60 Å². The molecule has 1 N–H and O–H groups in total. The normalized spacial score (nSPS) is 17.9. The number of carbonyl (C=O) groups is 1. The summed E-state index contributed by atoms with van der Waals surface area (Å²) in [5, 5.41) is 3.41. The first-order valence-corrected chi connectivity index (χ1v) is 10.1. The molecule has 0 spiro atoms. The summed E-state index contributed by atoms with van der Waals surface area (Å²) >= 11 is 0. The van der Waals surface area contributed by atoms with Crippen LogP contribution in [0.5, 0.6) is 17.2 Å². The molecule has 2 heterocycles. The number of aliphatic imine (C=N–C) groups is 1. The number of hydrogen-bond donors (Lipinski definition) is 1. The average molecular weight is 548 g/mol. The minimum atomic E-state index is -0.492. The van der Waals surface area contributed by atoms with Gasteiger partial charge in [0, 0.05) is 26.2 Å². The van der Waals surface area contributed by atoms with Crippen LogP contribution in [0.25, 0.3) is 0 Å². The molecular formula is C21H33IN4O5. The van der Waals surface area contributed by atoms with E-state index in [1.165, 1.54) is 0 Å². The summed E-state index contributed by atoms with van der Waals surface area (Å²) in [6.07, 6.45) is -0.263. The fourth-order valence-corrected chi connectivity index (χ4v) is 3.64. The van der Waals surface area contributed by atoms with Crippen LogP contribution in [-0.2, 0) is 11.3 Å². The summed E-state index contributed by atoms with van der Waals surface area (Å²) < 4.78 is 21.7. The molecule has 0 aromatic heterocycles. The largest absolute Gasteiger partial charge is 0.493 e. The minimum absolute atomic E-state index is 0. The molecule has 174 valence electrons. The van der Waals surface area contributed by atoms with Gasteiger partial charge in [-0.15, -0.1) is 24.0 Å². The Kier molecular flexibility index (Phi) is 8.49. The van der Waals surface area contributed by atoms with Gasteiger partial charge in [0.1, 0.15) is 5.60 Å². The van der Waals surface area contributed by atoms with Crippen LogP contribution in [0.2, 0.25) is 0 Å². The van der Waals surface area contributed by atoms with Gasteiger partial charge in [-0.05, 0) is 38.5 Å². The highest BCUT2D eigenvalue weighted by Crippen LogP contribution is 2.38. The third kappa shape index (κ3) is 5.98. The molecule has 0 radical (unpaired) electrons. The summed E-state index contributed by atoms with van der Waals surface area (Å²) in [5.41, 5.74) is 0.496. The van der Waals surface area contributed by atoms with Crippen LogP contribution in [0.3, 0.4) is 0 Å². The van der Waals surface area contributed by atoms with Gasteiger partial charge >= 0.3 is 6.09 Å². The Balaban J connectivity index is 0.00000341. The zero-order chi connectivity index (χ0) is 21.9. The molecule has 10 heteroatoms. The van der Waals surface area contributed by atoms with Crippen LogP contribution in [0.4, 0.5) is 4.79 Å². The van der Waals surface area contributed by atoms with Crippen molar-refractivity contribution in [2.45, 2.75) is 39.0 Å². The van der Waals surface area contributed by atoms with Gasteiger partial charge in [0.25, 0.3) is 0 Å². The molecule has 0 bridgehead atoms. The Morgan fingerprint density at radius 3 is 2.32 bits per heavy atom. The number of nitrogens with one attached hydrogen (secondary N) is 1. The van der Waals surface area contributed by atoms with Gasteiger partial charge in [-0.3, -0.25) is 4.99 Å². The molecule has 9 nitrogen and oxygen atoms in total. The Bertz CT molecular complexity index is 786. The van der Waals surface area contributed by atoms with Crippen LogP contribution >= 0.6 is 24.0 Å². The predicted octanol–water partition coefficient (Wildman–Crippen LogP) is 2.71. The number of hydrogen-bond acceptors (Lipinski definition) is 8. The first-order chi connectivity index (χ1) is 14.3. The number of fused-ring (bicyclic) bond motifs is 1. The fraction of sp³-hybridized carbons (Fsp3) is 0.619. The maximum Gasteiger partial charge on any atom is 0.410 e. The third-order valence-corrected chi connectivity index (χ3v) is 5.03. The van der Waals surface area contributed by atoms with Gasteiger partial charge in [0.2, 0.25) is 5.75 Å². The number of halogens is 1. The summed E-state index contributed by atoms with van der Waals surface area (Å²) in [6.45, 7) is 8.78. The van der Waals surface area contributed by atoms with E-state index in [2.05, 4.69) is 15.2 Å². The van der Waals surface area contributed by atoms with E-state index in [-0.39, 0.29) is 36.1 Å². The SMILES string of the molecule is COc1cc(CNC2=NCC3CN(C(=O)OC(C)(C)C)CCN23)cc(OC)c1OC.I. The maximum absolute atomic E-state index is 12.4. The van der Waals surface area contributed by atoms with Crippen molar-refractivity contribution in [3.8, 4) is 17.2 Å². The van der Waals surface area contributed by atoms with Gasteiger partial charge in [0.15, 0.2) is 17.5 Å². The molecule has 2 aliphatic heterocycles. The van der Waals surface area contributed by atoms with E-state index in [4.69, 9.17) is 18.9 Å². The molecule has 1 saturated heterocycles. The fourth-order valence-electron chi connectivity index (χ4n) is 3.64. The van der Waals surface area contributed by atoms with E-state index in [0.717, 1.165) is 11.5 Å². The lowest BCUT2D eigenvalue weighted by atomic mass is 10.1. The lowest BCUT2D eigenvalue weighted by Crippen LogP contribution is -2.57. The molecule has 3 rings (SSSR count). The third-order valence-electron chi connectivity index (χ3n) is 5.03. The highest BCUT2D eigenvalue weighted by molar-refractivity contribution is 14.0. The first-order valence-electron chi connectivity index (χ1n) is 10.1. The average Bonchev–Trinajstić information content (AvgIpc) is 3.12. The monoisotopic (exact) mass is 548 g/mol. The summed E-state index contributed by atoms with van der Waals surface area (Å²) in [4.78, 5) is 21.0. The zero-order valence-corrected chi connectivity index (χ0v) is 21.4. The van der Waals surface area contributed by atoms with Crippen molar-refractivity contribution in [1.82, 2.24) is 15.1 Å². The molecule has 0 aliphatic carbocycles. The molecule has 1 unspecified atom stereocenters. The number of rotatable bonds is 5. The smallest absolute Gasteiger partial charge is 0.410 e. The molecule has 0 saturated carbocycles. The topological polar surface area (TPSA) is 84.9 Å². The molecule has 1 amide bonds. The molecule has 31 heavy (non-hydrogen) atoms. The van der Waals surface area contributed by atoms with E-state index in [9.17, 15) is 4.79 Å². The molecule has 1 atom stereocenters. The second kappa shape index (κ2) is 10.5. The lowest BCUT2D eigenvalue weighted by molar-refractivity contribution is 0.0137. The second-order valence-electron chi connectivity index (χ2n) is 8.33. The second-order valence-corrected chi connectivity index (χ2v) is 8.33. The highest BCUT2D eigenvalue weighted by atomic mass is 127. The number of benzene rings is 1. The summed E-state index contributed by atoms with van der Waals surface area (Å²) in [5.74, 6) is 2.65. The van der Waals surface area contributed by atoms with E-state index in [1.807, 2.05) is 32.9 Å². The molecule has 1 aromatic rings. The van der Waals surface area contributed by atoms with Gasteiger partial charge in [0.05, 0.1) is 33.9 Å². The predicted molar refractivity (Wildman–Crippen MR) is 129 cm³/mol. The number of carbonyl (C=O) groups excluding carboxylic acids is 1. The molecule has 1 fully saturated rings. The van der Waals surface area contributed by atoms with Gasteiger partial charge in [-0.2, -0.15) is 0 Å². The maximum atomic E-state index is 12.4. The quantitative estimate of drug-likeness (QED) is 0.567. The van der Waals surface area contributed by atoms with E-state index in [1.54, 1.807) is 26.2 Å². The van der Waals surface area contributed by atoms with Gasteiger partial charge in [-0.25, -0.2) is 4.79 Å². The Morgan fingerprint density at radius 2 is 1.77 bits per heavy atom.